The number of benzene rings is 3. The molecule has 0 aliphatic rings. The number of hydrogen-bond acceptors (Lipinski definition) is 5. The molecule has 2 amide bonds. The van der Waals surface area contributed by atoms with Crippen LogP contribution in [0.15, 0.2) is 72.8 Å². The normalized spacial score (nSPS) is 11.0. The van der Waals surface area contributed by atoms with Crippen LogP contribution in [0.3, 0.4) is 0 Å². The molecule has 9 nitrogen and oxygen atoms in total. The van der Waals surface area contributed by atoms with Crippen molar-refractivity contribution in [1.82, 2.24) is 10.6 Å². The number of nitrogen functional groups attached to an aromatic ring is 1. The summed E-state index contributed by atoms with van der Waals surface area (Å²) >= 11 is 0. The summed E-state index contributed by atoms with van der Waals surface area (Å²) in [6.07, 6.45) is 0.0292. The van der Waals surface area contributed by atoms with Crippen LogP contribution in [0.25, 0.3) is 11.1 Å². The van der Waals surface area contributed by atoms with E-state index in [2.05, 4.69) is 10.6 Å². The zero-order chi connectivity index (χ0) is 26.8. The average molecular weight is 539 g/mol. The van der Waals surface area contributed by atoms with Gasteiger partial charge in [-0.05, 0) is 40.8 Å². The van der Waals surface area contributed by atoms with Gasteiger partial charge in [-0.1, -0.05) is 60.7 Å². The molecule has 0 radical (unpaired) electrons. The van der Waals surface area contributed by atoms with Gasteiger partial charge in [-0.25, -0.2) is 0 Å². The molecule has 3 aromatic rings. The van der Waals surface area contributed by atoms with Crippen molar-refractivity contribution in [1.29, 1.82) is 5.41 Å². The van der Waals surface area contributed by atoms with Crippen molar-refractivity contribution in [3.8, 4) is 16.9 Å². The number of methoxy groups -OCH3 is 1. The van der Waals surface area contributed by atoms with Gasteiger partial charge >= 0.3 is 5.97 Å². The monoisotopic (exact) mass is 538 g/mol. The molecule has 1 atom stereocenters. The lowest BCUT2D eigenvalue weighted by Gasteiger charge is -2.17. The largest absolute Gasteiger partial charge is 0.497 e. The van der Waals surface area contributed by atoms with E-state index in [1.54, 1.807) is 31.4 Å². The van der Waals surface area contributed by atoms with Crippen molar-refractivity contribution in [2.45, 2.75) is 25.3 Å². The number of aliphatic carboxylic acids is 1. The summed E-state index contributed by atoms with van der Waals surface area (Å²) in [5.41, 5.74) is 9.70. The molecule has 6 N–H and O–H groups in total. The van der Waals surface area contributed by atoms with Crippen molar-refractivity contribution in [2.24, 2.45) is 5.73 Å². The zero-order valence-electron chi connectivity index (χ0n) is 20.9. The predicted octanol–water partition coefficient (Wildman–Crippen LogP) is 2.93. The average Bonchev–Trinajstić information content (AvgIpc) is 2.89. The van der Waals surface area contributed by atoms with Crippen LogP contribution in [0.4, 0.5) is 0 Å². The molecule has 0 heterocycles. The van der Waals surface area contributed by atoms with Crippen LogP contribution in [-0.4, -0.2) is 48.4 Å². The standard InChI is InChI=1S/C28H30N4O5.ClH/c1-37-23-12-4-18(5-13-23)14-15-31-28(36)24(17-26(34)35)32-25(33)16-19-2-6-20(7-3-19)21-8-10-22(11-9-21)27(29)30;/h2-13,24H,14-17H2,1H3,(H3,29,30)(H,31,36)(H,32,33)(H,34,35);1H. The van der Waals surface area contributed by atoms with Gasteiger partial charge in [-0.2, -0.15) is 0 Å². The van der Waals surface area contributed by atoms with Gasteiger partial charge in [-0.3, -0.25) is 19.8 Å². The second kappa shape index (κ2) is 14.4. The summed E-state index contributed by atoms with van der Waals surface area (Å²) < 4.78 is 5.12. The van der Waals surface area contributed by atoms with Crippen molar-refractivity contribution in [2.75, 3.05) is 13.7 Å². The first-order valence-electron chi connectivity index (χ1n) is 11.7. The molecule has 0 saturated heterocycles. The van der Waals surface area contributed by atoms with Gasteiger partial charge in [0.25, 0.3) is 0 Å². The lowest BCUT2D eigenvalue weighted by atomic mass is 10.0. The first-order valence-corrected chi connectivity index (χ1v) is 11.7. The zero-order valence-corrected chi connectivity index (χ0v) is 21.7. The summed E-state index contributed by atoms with van der Waals surface area (Å²) in [6, 6.07) is 20.8. The molecule has 0 aliphatic heterocycles. The Labute approximate surface area is 227 Å². The number of carboxylic acid groups (broad SMARTS) is 1. The molecule has 0 saturated carbocycles. The fourth-order valence-electron chi connectivity index (χ4n) is 3.72. The molecule has 10 heteroatoms. The van der Waals surface area contributed by atoms with Crippen molar-refractivity contribution < 1.29 is 24.2 Å². The Kier molecular flexibility index (Phi) is 11.3. The van der Waals surface area contributed by atoms with E-state index in [-0.39, 0.29) is 24.7 Å². The quantitative estimate of drug-likeness (QED) is 0.176. The highest BCUT2D eigenvalue weighted by Gasteiger charge is 2.23. The fraction of sp³-hybridized carbons (Fsp3) is 0.214. The molecule has 3 aromatic carbocycles. The van der Waals surface area contributed by atoms with E-state index in [1.807, 2.05) is 48.5 Å². The number of carboxylic acids is 1. The number of nitrogens with one attached hydrogen (secondary N) is 3. The molecule has 0 bridgehead atoms. The number of rotatable bonds is 12. The van der Waals surface area contributed by atoms with Crippen LogP contribution in [0, 0.1) is 5.41 Å². The Bertz CT molecular complexity index is 1250. The predicted molar refractivity (Wildman–Crippen MR) is 148 cm³/mol. The molecule has 38 heavy (non-hydrogen) atoms. The fourth-order valence-corrected chi connectivity index (χ4v) is 3.72. The van der Waals surface area contributed by atoms with Gasteiger partial charge in [-0.15, -0.1) is 12.4 Å². The van der Waals surface area contributed by atoms with Gasteiger partial charge in [0, 0.05) is 12.1 Å². The second-order valence-corrected chi connectivity index (χ2v) is 8.47. The van der Waals surface area contributed by atoms with Crippen LogP contribution >= 0.6 is 12.4 Å². The molecule has 0 aromatic heterocycles. The Morgan fingerprint density at radius 3 is 2.00 bits per heavy atom. The maximum absolute atomic E-state index is 12.6. The Morgan fingerprint density at radius 2 is 1.47 bits per heavy atom. The smallest absolute Gasteiger partial charge is 0.305 e. The summed E-state index contributed by atoms with van der Waals surface area (Å²) in [5.74, 6) is -1.45. The van der Waals surface area contributed by atoms with Crippen LogP contribution in [0.1, 0.15) is 23.1 Å². The Balaban J connectivity index is 0.00000507. The van der Waals surface area contributed by atoms with E-state index in [4.69, 9.17) is 15.9 Å². The van der Waals surface area contributed by atoms with E-state index >= 15 is 0 Å². The summed E-state index contributed by atoms with van der Waals surface area (Å²) in [4.78, 5) is 36.5. The third-order valence-electron chi connectivity index (χ3n) is 5.75. The van der Waals surface area contributed by atoms with Gasteiger partial charge < -0.3 is 26.2 Å². The number of hydrogen-bond donors (Lipinski definition) is 5. The number of carbonyl (C=O) groups is 3. The first-order chi connectivity index (χ1) is 17.7. The van der Waals surface area contributed by atoms with Crippen molar-refractivity contribution in [3.05, 3.63) is 89.5 Å². The second-order valence-electron chi connectivity index (χ2n) is 8.47. The van der Waals surface area contributed by atoms with E-state index in [9.17, 15) is 19.5 Å². The van der Waals surface area contributed by atoms with Gasteiger partial charge in [0.05, 0.1) is 20.0 Å². The number of nitrogens with two attached hydrogens (primary N) is 1. The highest BCUT2D eigenvalue weighted by molar-refractivity contribution is 5.95. The number of amidine groups is 1. The molecule has 0 spiro atoms. The highest BCUT2D eigenvalue weighted by Crippen LogP contribution is 2.20. The van der Waals surface area contributed by atoms with Crippen molar-refractivity contribution in [3.63, 3.8) is 0 Å². The Morgan fingerprint density at radius 1 is 0.921 bits per heavy atom. The number of carbonyl (C=O) groups excluding carboxylic acids is 2. The van der Waals surface area contributed by atoms with Gasteiger partial charge in [0.1, 0.15) is 17.6 Å². The van der Waals surface area contributed by atoms with Crippen LogP contribution in [0.2, 0.25) is 0 Å². The number of ether oxygens (including phenoxy) is 1. The SMILES string of the molecule is COc1ccc(CCNC(=O)C(CC(=O)O)NC(=O)Cc2ccc(-c3ccc(C(=N)N)cc3)cc2)cc1.Cl. The molecule has 0 aliphatic carbocycles. The molecule has 1 unspecified atom stereocenters. The summed E-state index contributed by atoms with van der Waals surface area (Å²) in [5, 5.41) is 21.9. The third-order valence-corrected chi connectivity index (χ3v) is 5.75. The van der Waals surface area contributed by atoms with E-state index < -0.39 is 30.2 Å². The number of halogens is 1. The van der Waals surface area contributed by atoms with Gasteiger partial charge in [0.15, 0.2) is 0 Å². The molecule has 200 valence electrons. The minimum atomic E-state index is -1.18. The molecule has 0 fully saturated rings. The van der Waals surface area contributed by atoms with E-state index in [0.29, 0.717) is 18.5 Å². The maximum atomic E-state index is 12.6. The topological polar surface area (TPSA) is 155 Å². The maximum Gasteiger partial charge on any atom is 0.305 e. The lowest BCUT2D eigenvalue weighted by molar-refractivity contribution is -0.140. The van der Waals surface area contributed by atoms with Crippen LogP contribution in [-0.2, 0) is 27.2 Å². The minimum absolute atomic E-state index is 0. The first kappa shape index (κ1) is 29.9. The highest BCUT2D eigenvalue weighted by atomic mass is 35.5. The Hall–Kier alpha value is -4.37. The van der Waals surface area contributed by atoms with E-state index in [1.165, 1.54) is 0 Å². The summed E-state index contributed by atoms with van der Waals surface area (Å²) in [6.45, 7) is 0.298. The molecular weight excluding hydrogens is 508 g/mol. The number of amides is 2. The molecular formula is C28H31ClN4O5. The summed E-state index contributed by atoms with van der Waals surface area (Å²) in [7, 11) is 1.58. The van der Waals surface area contributed by atoms with Crippen molar-refractivity contribution >= 4 is 36.0 Å². The van der Waals surface area contributed by atoms with E-state index in [0.717, 1.165) is 28.0 Å². The molecule has 3 rings (SSSR count). The van der Waals surface area contributed by atoms with Crippen LogP contribution < -0.4 is 21.1 Å². The minimum Gasteiger partial charge on any atom is -0.497 e. The third kappa shape index (κ3) is 8.94. The van der Waals surface area contributed by atoms with Crippen LogP contribution in [0.5, 0.6) is 5.75 Å². The van der Waals surface area contributed by atoms with Gasteiger partial charge in [0.2, 0.25) is 11.8 Å². The lowest BCUT2D eigenvalue weighted by Crippen LogP contribution is -2.48.